The van der Waals surface area contributed by atoms with Gasteiger partial charge in [-0.05, 0) is 37.8 Å². The van der Waals surface area contributed by atoms with Gasteiger partial charge in [-0.15, -0.1) is 5.16 Å². The smallest absolute Gasteiger partial charge is 0.220 e. The molecule has 0 bridgehead atoms. The van der Waals surface area contributed by atoms with E-state index in [1.54, 1.807) is 14.2 Å². The Kier molecular flexibility index (Phi) is 4.74. The number of aromatic nitrogens is 2. The van der Waals surface area contributed by atoms with Gasteiger partial charge in [0.15, 0.2) is 0 Å². The van der Waals surface area contributed by atoms with Crippen molar-refractivity contribution in [1.29, 1.82) is 0 Å². The highest BCUT2D eigenvalue weighted by molar-refractivity contribution is 5.70. The summed E-state index contributed by atoms with van der Waals surface area (Å²) < 4.78 is 11.1. The average molecular weight is 342 g/mol. The summed E-state index contributed by atoms with van der Waals surface area (Å²) in [5, 5.41) is 12.4. The van der Waals surface area contributed by atoms with Gasteiger partial charge < -0.3 is 20.4 Å². The van der Waals surface area contributed by atoms with Crippen LogP contribution >= 0.6 is 0 Å². The second kappa shape index (κ2) is 6.96. The van der Waals surface area contributed by atoms with Crippen LogP contribution in [-0.2, 0) is 6.42 Å². The van der Waals surface area contributed by atoms with E-state index in [9.17, 15) is 0 Å². The fourth-order valence-corrected chi connectivity index (χ4v) is 3.76. The van der Waals surface area contributed by atoms with Crippen LogP contribution in [0.25, 0.3) is 0 Å². The maximum atomic E-state index is 9.10. The number of nitrogens with zero attached hydrogens (tertiary/aromatic N) is 3. The minimum absolute atomic E-state index is 0.0929. The van der Waals surface area contributed by atoms with Gasteiger partial charge in [-0.3, -0.25) is 0 Å². The van der Waals surface area contributed by atoms with Crippen LogP contribution in [0.15, 0.2) is 23.4 Å². The molecule has 2 aromatic rings. The highest BCUT2D eigenvalue weighted by Crippen LogP contribution is 2.45. The molecular formula is C18H22N4O3. The van der Waals surface area contributed by atoms with Gasteiger partial charge in [0.2, 0.25) is 5.95 Å². The van der Waals surface area contributed by atoms with Gasteiger partial charge in [0.1, 0.15) is 11.5 Å². The first kappa shape index (κ1) is 17.0. The van der Waals surface area contributed by atoms with Crippen LogP contribution in [0.5, 0.6) is 11.5 Å². The van der Waals surface area contributed by atoms with Crippen LogP contribution in [0.3, 0.4) is 0 Å². The van der Waals surface area contributed by atoms with Crippen LogP contribution in [0, 0.1) is 6.92 Å². The topological polar surface area (TPSA) is 103 Å². The molecule has 0 radical (unpaired) electrons. The number of rotatable bonds is 4. The van der Waals surface area contributed by atoms with Crippen molar-refractivity contribution < 1.29 is 14.7 Å². The van der Waals surface area contributed by atoms with E-state index in [4.69, 9.17) is 20.4 Å². The average Bonchev–Trinajstić information content (AvgIpc) is 2.60. The number of oxime groups is 1. The highest BCUT2D eigenvalue weighted by Gasteiger charge is 2.33. The molecule has 1 aliphatic carbocycles. The zero-order valence-corrected chi connectivity index (χ0v) is 14.6. The van der Waals surface area contributed by atoms with Crippen molar-refractivity contribution in [1.82, 2.24) is 9.97 Å². The maximum Gasteiger partial charge on any atom is 0.220 e. The number of methoxy groups -OCH3 is 2. The lowest BCUT2D eigenvalue weighted by Crippen LogP contribution is -2.23. The maximum absolute atomic E-state index is 9.10. The van der Waals surface area contributed by atoms with Crippen molar-refractivity contribution in [2.75, 3.05) is 20.0 Å². The quantitative estimate of drug-likeness (QED) is 0.503. The van der Waals surface area contributed by atoms with Crippen LogP contribution in [0.4, 0.5) is 5.95 Å². The summed E-state index contributed by atoms with van der Waals surface area (Å²) in [6, 6.07) is 5.74. The van der Waals surface area contributed by atoms with E-state index in [0.717, 1.165) is 40.4 Å². The Hall–Kier alpha value is -2.83. The number of hydrogen-bond acceptors (Lipinski definition) is 7. The molecule has 3 rings (SSSR count). The highest BCUT2D eigenvalue weighted by atomic mass is 16.5. The van der Waals surface area contributed by atoms with Crippen molar-refractivity contribution in [3.63, 3.8) is 0 Å². The van der Waals surface area contributed by atoms with Gasteiger partial charge in [-0.2, -0.15) is 0 Å². The molecule has 3 N–H and O–H groups in total. The molecule has 0 aliphatic heterocycles. The van der Waals surface area contributed by atoms with Gasteiger partial charge >= 0.3 is 0 Å². The Bertz CT molecular complexity index is 785. The Morgan fingerprint density at radius 1 is 1.20 bits per heavy atom. The Balaban J connectivity index is 2.12. The molecule has 1 aromatic heterocycles. The summed E-state index contributed by atoms with van der Waals surface area (Å²) >= 11 is 0. The van der Waals surface area contributed by atoms with E-state index in [1.807, 2.05) is 25.1 Å². The lowest BCUT2D eigenvalue weighted by molar-refractivity contribution is 0.318. The first-order chi connectivity index (χ1) is 12.1. The van der Waals surface area contributed by atoms with Crippen molar-refractivity contribution >= 4 is 12.2 Å². The summed E-state index contributed by atoms with van der Waals surface area (Å²) in [6.45, 7) is 1.90. The minimum atomic E-state index is -0.103. The molecule has 132 valence electrons. The SMILES string of the molecule is COc1cccc(OC)c1C1Cc2nc(N)nc(C)c2C(C=NO)C1. The van der Waals surface area contributed by atoms with Gasteiger partial charge in [-0.25, -0.2) is 9.97 Å². The summed E-state index contributed by atoms with van der Waals surface area (Å²) in [5.74, 6) is 1.78. The van der Waals surface area contributed by atoms with Gasteiger partial charge in [0, 0.05) is 22.7 Å². The van der Waals surface area contributed by atoms with Crippen molar-refractivity contribution in [2.24, 2.45) is 5.16 Å². The first-order valence-corrected chi connectivity index (χ1v) is 8.10. The van der Waals surface area contributed by atoms with Gasteiger partial charge in [0.25, 0.3) is 0 Å². The predicted octanol–water partition coefficient (Wildman–Crippen LogP) is 2.66. The van der Waals surface area contributed by atoms with E-state index in [-0.39, 0.29) is 17.8 Å². The van der Waals surface area contributed by atoms with Crippen molar-refractivity contribution in [3.8, 4) is 11.5 Å². The minimum Gasteiger partial charge on any atom is -0.496 e. The molecule has 0 fully saturated rings. The monoisotopic (exact) mass is 342 g/mol. The summed E-state index contributed by atoms with van der Waals surface area (Å²) in [5.41, 5.74) is 9.51. The lowest BCUT2D eigenvalue weighted by atomic mass is 9.75. The normalized spacial score (nSPS) is 19.6. The number of anilines is 1. The number of fused-ring (bicyclic) bond motifs is 1. The fourth-order valence-electron chi connectivity index (χ4n) is 3.76. The fraction of sp³-hybridized carbons (Fsp3) is 0.389. The molecule has 0 saturated heterocycles. The number of ether oxygens (including phenoxy) is 2. The van der Waals surface area contributed by atoms with Crippen LogP contribution in [0.2, 0.25) is 0 Å². The molecule has 2 atom stereocenters. The molecule has 1 aromatic carbocycles. The largest absolute Gasteiger partial charge is 0.496 e. The van der Waals surface area contributed by atoms with Crippen molar-refractivity contribution in [3.05, 3.63) is 40.7 Å². The van der Waals surface area contributed by atoms with Gasteiger partial charge in [-0.1, -0.05) is 6.07 Å². The molecule has 0 saturated carbocycles. The molecule has 25 heavy (non-hydrogen) atoms. The first-order valence-electron chi connectivity index (χ1n) is 8.10. The molecule has 7 heteroatoms. The molecule has 7 nitrogen and oxygen atoms in total. The predicted molar refractivity (Wildman–Crippen MR) is 94.8 cm³/mol. The van der Waals surface area contributed by atoms with Crippen LogP contribution in [0.1, 0.15) is 40.8 Å². The number of benzene rings is 1. The molecule has 0 amide bonds. The van der Waals surface area contributed by atoms with Crippen molar-refractivity contribution in [2.45, 2.75) is 31.6 Å². The number of nitrogens with two attached hydrogens (primary N) is 1. The van der Waals surface area contributed by atoms with Gasteiger partial charge in [0.05, 0.1) is 26.1 Å². The third-order valence-corrected chi connectivity index (χ3v) is 4.70. The second-order valence-corrected chi connectivity index (χ2v) is 6.11. The number of nitrogen functional groups attached to an aromatic ring is 1. The third-order valence-electron chi connectivity index (χ3n) is 4.70. The molecule has 2 unspecified atom stereocenters. The summed E-state index contributed by atoms with van der Waals surface area (Å²) in [4.78, 5) is 8.69. The third kappa shape index (κ3) is 3.09. The van der Waals surface area contributed by atoms with E-state index in [2.05, 4.69) is 15.1 Å². The van der Waals surface area contributed by atoms with Crippen LogP contribution in [-0.4, -0.2) is 35.6 Å². The number of hydrogen-bond donors (Lipinski definition) is 2. The summed E-state index contributed by atoms with van der Waals surface area (Å²) in [6.07, 6.45) is 2.96. The Morgan fingerprint density at radius 2 is 1.88 bits per heavy atom. The zero-order valence-electron chi connectivity index (χ0n) is 14.6. The Morgan fingerprint density at radius 3 is 2.48 bits per heavy atom. The molecular weight excluding hydrogens is 320 g/mol. The van der Waals surface area contributed by atoms with E-state index >= 15 is 0 Å². The van der Waals surface area contributed by atoms with E-state index < -0.39 is 0 Å². The molecule has 1 aliphatic rings. The standard InChI is InChI=1S/C18H22N4O3/c1-10-16-12(9-20-23)7-11(8-13(16)22-18(19)21-10)17-14(24-2)5-4-6-15(17)25-3/h4-6,9,11-12,23H,7-8H2,1-3H3,(H2,19,21,22). The van der Waals surface area contributed by atoms with E-state index in [1.165, 1.54) is 6.21 Å². The van der Waals surface area contributed by atoms with E-state index in [0.29, 0.717) is 6.42 Å². The zero-order chi connectivity index (χ0) is 18.0. The number of aryl methyl sites for hydroxylation is 1. The Labute approximate surface area is 146 Å². The van der Waals surface area contributed by atoms with Crippen LogP contribution < -0.4 is 15.2 Å². The molecule has 0 spiro atoms. The molecule has 1 heterocycles. The lowest BCUT2D eigenvalue weighted by Gasteiger charge is -2.31. The summed E-state index contributed by atoms with van der Waals surface area (Å²) in [7, 11) is 3.29. The second-order valence-electron chi connectivity index (χ2n) is 6.11.